The molecule has 0 saturated heterocycles. The largest absolute Gasteiger partial charge is 0.455 e. The van der Waals surface area contributed by atoms with Gasteiger partial charge in [0.2, 0.25) is 0 Å². The number of benzene rings is 8. The molecular weight excluding hydrogens is 717 g/mol. The third-order valence-electron chi connectivity index (χ3n) is 10.6. The highest BCUT2D eigenvalue weighted by molar-refractivity contribution is 7.26. The summed E-state index contributed by atoms with van der Waals surface area (Å²) in [6.45, 7) is 0. The number of hydrogen-bond acceptors (Lipinski definition) is 5. The van der Waals surface area contributed by atoms with E-state index < -0.39 is 0 Å². The van der Waals surface area contributed by atoms with Gasteiger partial charge >= 0.3 is 0 Å². The molecule has 4 aromatic heterocycles. The van der Waals surface area contributed by atoms with Crippen LogP contribution in [-0.4, -0.2) is 19.5 Å². The topological polar surface area (TPSA) is 56.7 Å². The van der Waals surface area contributed by atoms with Gasteiger partial charge in [-0.25, -0.2) is 15.0 Å². The first-order valence-electron chi connectivity index (χ1n) is 21.5. The van der Waals surface area contributed by atoms with Crippen LogP contribution in [0.3, 0.4) is 0 Å². The Morgan fingerprint density at radius 2 is 1.12 bits per heavy atom. The maximum absolute atomic E-state index is 9.32. The molecule has 5 nitrogen and oxygen atoms in total. The summed E-state index contributed by atoms with van der Waals surface area (Å²) >= 11 is 1.69. The first-order valence-corrected chi connectivity index (χ1v) is 19.3. The van der Waals surface area contributed by atoms with Crippen molar-refractivity contribution in [3.05, 3.63) is 182 Å². The first-order chi connectivity index (χ1) is 30.7. The van der Waals surface area contributed by atoms with Crippen LogP contribution in [-0.2, 0) is 0 Å². The van der Waals surface area contributed by atoms with Crippen molar-refractivity contribution >= 4 is 75.3 Å². The van der Waals surface area contributed by atoms with Gasteiger partial charge in [-0.15, -0.1) is 11.3 Å². The molecule has 4 heterocycles. The van der Waals surface area contributed by atoms with E-state index in [0.717, 1.165) is 53.2 Å². The molecule has 0 unspecified atom stereocenters. The fraction of sp³-hybridized carbons (Fsp3) is 0. The fourth-order valence-corrected chi connectivity index (χ4v) is 9.27. The predicted molar refractivity (Wildman–Crippen MR) is 236 cm³/mol. The van der Waals surface area contributed by atoms with Crippen molar-refractivity contribution < 1.29 is 12.6 Å². The monoisotopic (exact) mass is 752 g/mol. The lowest BCUT2D eigenvalue weighted by atomic mass is 9.98. The normalized spacial score (nSPS) is 13.3. The van der Waals surface area contributed by atoms with E-state index in [1.165, 1.54) is 12.1 Å². The Kier molecular flexibility index (Phi) is 5.82. The SMILES string of the molecule is [2H]c1cc([2H])c2c(c1[2H])c1c([2H])c([2H])cc([2H])c1n2-c1cc(-c2nc(-c3ccccc3)nc(-c3cccc4c3sc3ccccc34)n2)ccc1-c1cccc2c1oc1ccccc12. The molecule has 0 N–H and O–H groups in total. The molecule has 0 aliphatic rings. The highest BCUT2D eigenvalue weighted by Crippen LogP contribution is 2.43. The van der Waals surface area contributed by atoms with Crippen LogP contribution in [0, 0.1) is 0 Å². The molecule has 57 heavy (non-hydrogen) atoms. The molecule has 0 aliphatic carbocycles. The molecule has 6 heteroatoms. The molecule has 266 valence electrons. The summed E-state index contributed by atoms with van der Waals surface area (Å²) in [7, 11) is 0. The molecule has 0 saturated carbocycles. The van der Waals surface area contributed by atoms with Gasteiger partial charge in [0, 0.05) is 69.5 Å². The van der Waals surface area contributed by atoms with Crippen molar-refractivity contribution in [2.24, 2.45) is 0 Å². The summed E-state index contributed by atoms with van der Waals surface area (Å²) in [6.07, 6.45) is 0. The molecule has 0 radical (unpaired) electrons. The van der Waals surface area contributed by atoms with Crippen LogP contribution in [0.15, 0.2) is 186 Å². The van der Waals surface area contributed by atoms with Gasteiger partial charge < -0.3 is 8.98 Å². The second-order valence-corrected chi connectivity index (χ2v) is 14.9. The summed E-state index contributed by atoms with van der Waals surface area (Å²) in [5, 5.41) is 4.46. The van der Waals surface area contributed by atoms with E-state index in [0.29, 0.717) is 39.9 Å². The number of furan rings is 1. The van der Waals surface area contributed by atoms with Gasteiger partial charge in [-0.05, 0) is 36.4 Å². The zero-order valence-corrected chi connectivity index (χ0v) is 30.8. The minimum absolute atomic E-state index is 0.0592. The third kappa shape index (κ3) is 4.98. The summed E-state index contributed by atoms with van der Waals surface area (Å²) in [4.78, 5) is 15.4. The van der Waals surface area contributed by atoms with E-state index in [-0.39, 0.29) is 58.1 Å². The average molecular weight is 753 g/mol. The van der Waals surface area contributed by atoms with Gasteiger partial charge in [-0.3, -0.25) is 0 Å². The van der Waals surface area contributed by atoms with E-state index in [1.807, 2.05) is 115 Å². The number of rotatable bonds is 5. The van der Waals surface area contributed by atoms with Crippen LogP contribution >= 0.6 is 11.3 Å². The molecule has 0 fully saturated rings. The zero-order valence-electron chi connectivity index (χ0n) is 36.0. The molecular formula is C51H30N4OS. The van der Waals surface area contributed by atoms with Gasteiger partial charge in [-0.1, -0.05) is 145 Å². The van der Waals surface area contributed by atoms with E-state index in [4.69, 9.17) is 24.9 Å². The van der Waals surface area contributed by atoms with Gasteiger partial charge in [0.1, 0.15) is 11.2 Å². The number of hydrogen-bond donors (Lipinski definition) is 0. The second kappa shape index (κ2) is 12.6. The summed E-state index contributed by atoms with van der Waals surface area (Å²) < 4.78 is 64.7. The molecule has 0 spiro atoms. The van der Waals surface area contributed by atoms with Gasteiger partial charge in [0.25, 0.3) is 0 Å². The van der Waals surface area contributed by atoms with Crippen LogP contribution in [0.1, 0.15) is 8.22 Å². The first kappa shape index (κ1) is 26.4. The van der Waals surface area contributed by atoms with Gasteiger partial charge in [-0.2, -0.15) is 0 Å². The van der Waals surface area contributed by atoms with Crippen LogP contribution in [0.5, 0.6) is 0 Å². The second-order valence-electron chi connectivity index (χ2n) is 13.9. The van der Waals surface area contributed by atoms with E-state index in [1.54, 1.807) is 15.9 Å². The Hall–Kier alpha value is -7.41. The van der Waals surface area contributed by atoms with E-state index in [9.17, 15) is 2.74 Å². The van der Waals surface area contributed by atoms with Crippen molar-refractivity contribution in [3.63, 3.8) is 0 Å². The molecule has 0 atom stereocenters. The van der Waals surface area contributed by atoms with E-state index >= 15 is 0 Å². The van der Waals surface area contributed by atoms with Crippen LogP contribution in [0.4, 0.5) is 0 Å². The minimum Gasteiger partial charge on any atom is -0.455 e. The quantitative estimate of drug-likeness (QED) is 0.176. The maximum atomic E-state index is 9.32. The third-order valence-corrected chi connectivity index (χ3v) is 11.9. The van der Waals surface area contributed by atoms with Crippen LogP contribution < -0.4 is 0 Å². The van der Waals surface area contributed by atoms with Gasteiger partial charge in [0.15, 0.2) is 17.5 Å². The smallest absolute Gasteiger partial charge is 0.165 e. The molecule has 12 rings (SSSR count). The van der Waals surface area contributed by atoms with Crippen LogP contribution in [0.25, 0.3) is 115 Å². The number of fused-ring (bicyclic) bond motifs is 9. The maximum Gasteiger partial charge on any atom is 0.165 e. The summed E-state index contributed by atoms with van der Waals surface area (Å²) in [5.41, 5.74) is 6.05. The fourth-order valence-electron chi connectivity index (χ4n) is 8.06. The van der Waals surface area contributed by atoms with Crippen molar-refractivity contribution in [2.45, 2.75) is 0 Å². The predicted octanol–water partition coefficient (Wildman–Crippen LogP) is 13.9. The lowest BCUT2D eigenvalue weighted by molar-refractivity contribution is 0.670. The minimum atomic E-state index is -0.189. The number of nitrogens with zero attached hydrogens (tertiary/aromatic N) is 4. The van der Waals surface area contributed by atoms with Crippen molar-refractivity contribution in [2.75, 3.05) is 0 Å². The lowest BCUT2D eigenvalue weighted by Crippen LogP contribution is -2.02. The Balaban J connectivity index is 1.20. The number of para-hydroxylation sites is 4. The van der Waals surface area contributed by atoms with Crippen LogP contribution in [0.2, 0.25) is 0 Å². The van der Waals surface area contributed by atoms with E-state index in [2.05, 4.69) is 18.2 Å². The standard InChI is InChI=1S/C51H30N4OS/c1-2-14-31(15-3-1)49-52-50(54-51(53-49)41-23-13-22-40-37-19-7-11-27-46(37)57-48(40)41)32-28-29-35(38-20-12-21-39-36-18-6-10-26-45(36)56-47(38)39)44(30-32)55-42-24-8-4-16-33(42)34-17-5-9-25-43(34)55/h1-30H/i4D,5D,16D,17D,24D,25D. The molecule has 12 aromatic rings. The zero-order chi connectivity index (χ0) is 42.7. The Bertz CT molecular complexity index is 3830. The molecule has 0 amide bonds. The lowest BCUT2D eigenvalue weighted by Gasteiger charge is -2.16. The van der Waals surface area contributed by atoms with Gasteiger partial charge in [0.05, 0.1) is 24.9 Å². The number of aromatic nitrogens is 4. The highest BCUT2D eigenvalue weighted by atomic mass is 32.1. The molecule has 8 aromatic carbocycles. The van der Waals surface area contributed by atoms with Crippen molar-refractivity contribution in [3.8, 4) is 51.0 Å². The Morgan fingerprint density at radius 1 is 0.474 bits per heavy atom. The average Bonchev–Trinajstić information content (AvgIpc) is 4.01. The summed E-state index contributed by atoms with van der Waals surface area (Å²) in [6, 6.07) is 45.7. The summed E-state index contributed by atoms with van der Waals surface area (Å²) in [5.74, 6) is 1.36. The number of thiophene rings is 1. The highest BCUT2D eigenvalue weighted by Gasteiger charge is 2.22. The Morgan fingerprint density at radius 3 is 1.93 bits per heavy atom. The van der Waals surface area contributed by atoms with Crippen molar-refractivity contribution in [1.29, 1.82) is 0 Å². The Labute approximate surface area is 339 Å². The molecule has 0 bridgehead atoms. The van der Waals surface area contributed by atoms with Crippen molar-refractivity contribution in [1.82, 2.24) is 19.5 Å². The molecule has 0 aliphatic heterocycles.